The van der Waals surface area contributed by atoms with Crippen molar-refractivity contribution in [1.82, 2.24) is 10.6 Å². The van der Waals surface area contributed by atoms with Crippen LogP contribution >= 0.6 is 23.5 Å². The van der Waals surface area contributed by atoms with E-state index in [-0.39, 0.29) is 17.2 Å². The molecule has 6 rings (SSSR count). The van der Waals surface area contributed by atoms with Crippen LogP contribution in [0.5, 0.6) is 0 Å². The molecule has 51 heavy (non-hydrogen) atoms. The van der Waals surface area contributed by atoms with Crippen molar-refractivity contribution in [2.75, 3.05) is 30.4 Å². The molecule has 5 aromatic rings. The third-order valence-corrected chi connectivity index (χ3v) is 12.1. The summed E-state index contributed by atoms with van der Waals surface area (Å²) in [6.45, 7) is 1.57. The van der Waals surface area contributed by atoms with Gasteiger partial charge < -0.3 is 21.1 Å². The lowest BCUT2D eigenvalue weighted by Crippen LogP contribution is -2.41. The summed E-state index contributed by atoms with van der Waals surface area (Å²) < 4.78 is -0.417. The number of nitrogens with one attached hydrogen (secondary N) is 3. The first-order valence-electron chi connectivity index (χ1n) is 17.5. The first-order chi connectivity index (χ1) is 25.0. The lowest BCUT2D eigenvalue weighted by atomic mass is 9.84. The number of hydrogen-bond acceptors (Lipinski definition) is 6. The molecular weight excluding hydrogens is 671 g/mol. The monoisotopic (exact) mass is 715 g/mol. The molecule has 4 N–H and O–H groups in total. The molecule has 1 aliphatic rings. The van der Waals surface area contributed by atoms with Crippen molar-refractivity contribution in [3.8, 4) is 0 Å². The lowest BCUT2D eigenvalue weighted by molar-refractivity contribution is -0.139. The van der Waals surface area contributed by atoms with Gasteiger partial charge in [0.25, 0.3) is 5.91 Å². The zero-order valence-corrected chi connectivity index (χ0v) is 30.5. The SMILES string of the molecule is CSCC[C@H](NC(=O)c1cc(NCC2NCCC2SC(c2ccccc2)(c2ccccc2)c2ccccc2)ccc1Cc1ccccc1)C(=O)O. The van der Waals surface area contributed by atoms with Gasteiger partial charge in [0.15, 0.2) is 0 Å². The summed E-state index contributed by atoms with van der Waals surface area (Å²) in [6.07, 6.45) is 3.87. The van der Waals surface area contributed by atoms with Crippen LogP contribution in [0.1, 0.15) is 51.0 Å². The summed E-state index contributed by atoms with van der Waals surface area (Å²) in [5.41, 5.74) is 6.97. The Bertz CT molecular complexity index is 1760. The number of carbonyl (C=O) groups is 2. The molecule has 1 fully saturated rings. The number of aliphatic carboxylic acids is 1. The largest absolute Gasteiger partial charge is 0.480 e. The predicted molar refractivity (Wildman–Crippen MR) is 213 cm³/mol. The maximum atomic E-state index is 13.7. The van der Waals surface area contributed by atoms with Gasteiger partial charge in [0.2, 0.25) is 0 Å². The Labute approximate surface area is 309 Å². The van der Waals surface area contributed by atoms with Gasteiger partial charge in [0.1, 0.15) is 6.04 Å². The lowest BCUT2D eigenvalue weighted by Gasteiger charge is -2.38. The minimum absolute atomic E-state index is 0.162. The van der Waals surface area contributed by atoms with E-state index in [4.69, 9.17) is 0 Å². The molecule has 1 heterocycles. The smallest absolute Gasteiger partial charge is 0.326 e. The van der Waals surface area contributed by atoms with Crippen molar-refractivity contribution in [2.24, 2.45) is 0 Å². The molecule has 1 saturated heterocycles. The van der Waals surface area contributed by atoms with Gasteiger partial charge in [-0.1, -0.05) is 127 Å². The summed E-state index contributed by atoms with van der Waals surface area (Å²) in [7, 11) is 0. The molecule has 8 heteroatoms. The fourth-order valence-corrected chi connectivity index (χ4v) is 9.20. The molecule has 6 nitrogen and oxygen atoms in total. The van der Waals surface area contributed by atoms with Crippen molar-refractivity contribution in [1.29, 1.82) is 0 Å². The minimum Gasteiger partial charge on any atom is -0.480 e. The van der Waals surface area contributed by atoms with Gasteiger partial charge in [-0.3, -0.25) is 4.79 Å². The highest BCUT2D eigenvalue weighted by Gasteiger charge is 2.42. The van der Waals surface area contributed by atoms with E-state index in [0.29, 0.717) is 30.7 Å². The van der Waals surface area contributed by atoms with Gasteiger partial charge in [0, 0.05) is 29.1 Å². The van der Waals surface area contributed by atoms with Gasteiger partial charge in [0.05, 0.1) is 4.75 Å². The van der Waals surface area contributed by atoms with Gasteiger partial charge in [-0.25, -0.2) is 4.79 Å². The van der Waals surface area contributed by atoms with Crippen molar-refractivity contribution in [2.45, 2.75) is 41.3 Å². The minimum atomic E-state index is -1.02. The van der Waals surface area contributed by atoms with Gasteiger partial charge >= 0.3 is 5.97 Å². The Hall–Kier alpha value is -4.50. The number of benzene rings is 5. The topological polar surface area (TPSA) is 90.5 Å². The van der Waals surface area contributed by atoms with E-state index in [0.717, 1.165) is 29.8 Å². The molecular formula is C43H45N3O3S2. The maximum absolute atomic E-state index is 13.7. The third-order valence-electron chi connectivity index (χ3n) is 9.49. The van der Waals surface area contributed by atoms with Crippen molar-refractivity contribution < 1.29 is 14.7 Å². The summed E-state index contributed by atoms with van der Waals surface area (Å²) in [4.78, 5) is 25.8. The second-order valence-corrected chi connectivity index (χ2v) is 15.3. The van der Waals surface area contributed by atoms with Crippen LogP contribution in [0.3, 0.4) is 0 Å². The second-order valence-electron chi connectivity index (χ2n) is 12.8. The summed E-state index contributed by atoms with van der Waals surface area (Å²) in [5, 5.41) is 20.3. The van der Waals surface area contributed by atoms with Crippen LogP contribution in [-0.2, 0) is 16.0 Å². The Morgan fingerprint density at radius 1 is 0.824 bits per heavy atom. The molecule has 3 atom stereocenters. The van der Waals surface area contributed by atoms with E-state index in [1.807, 2.05) is 66.5 Å². The molecule has 5 aromatic carbocycles. The molecule has 0 saturated carbocycles. The Kier molecular flexibility index (Phi) is 12.5. The second kappa shape index (κ2) is 17.6. The van der Waals surface area contributed by atoms with Gasteiger partial charge in [-0.05, 0) is 77.8 Å². The van der Waals surface area contributed by atoms with Crippen molar-refractivity contribution in [3.63, 3.8) is 0 Å². The molecule has 262 valence electrons. The number of anilines is 1. The fourth-order valence-electron chi connectivity index (χ4n) is 6.86. The molecule has 0 radical (unpaired) electrons. The van der Waals surface area contributed by atoms with Gasteiger partial charge in [-0.2, -0.15) is 11.8 Å². The summed E-state index contributed by atoms with van der Waals surface area (Å²) in [5.74, 6) is -0.753. The van der Waals surface area contributed by atoms with E-state index >= 15 is 0 Å². The van der Waals surface area contributed by atoms with Crippen LogP contribution in [0.2, 0.25) is 0 Å². The van der Waals surface area contributed by atoms with Crippen molar-refractivity contribution >= 4 is 41.1 Å². The van der Waals surface area contributed by atoms with Crippen LogP contribution in [0.4, 0.5) is 5.69 Å². The Morgan fingerprint density at radius 3 is 1.94 bits per heavy atom. The number of rotatable bonds is 16. The molecule has 0 aliphatic carbocycles. The number of thioether (sulfide) groups is 2. The molecule has 1 aliphatic heterocycles. The zero-order valence-electron chi connectivity index (χ0n) is 28.8. The predicted octanol–water partition coefficient (Wildman–Crippen LogP) is 8.08. The van der Waals surface area contributed by atoms with Crippen molar-refractivity contribution in [3.05, 3.63) is 173 Å². The molecule has 0 bridgehead atoms. The maximum Gasteiger partial charge on any atom is 0.326 e. The normalized spacial score (nSPS) is 16.3. The quantitative estimate of drug-likeness (QED) is 0.0769. The Morgan fingerprint density at radius 2 is 1.39 bits per heavy atom. The molecule has 0 aromatic heterocycles. The van der Waals surface area contributed by atoms with Gasteiger partial charge in [-0.15, -0.1) is 11.8 Å². The van der Waals surface area contributed by atoms with E-state index in [1.165, 1.54) is 16.7 Å². The average molecular weight is 716 g/mol. The summed E-state index contributed by atoms with van der Waals surface area (Å²) in [6, 6.07) is 47.5. The van der Waals surface area contributed by atoms with E-state index in [1.54, 1.807) is 11.8 Å². The molecule has 0 spiro atoms. The Balaban J connectivity index is 1.27. The first kappa shape index (κ1) is 36.3. The number of carbonyl (C=O) groups excluding carboxylic acids is 1. The molecule has 1 amide bonds. The van der Waals surface area contributed by atoms with Crippen LogP contribution in [0, 0.1) is 0 Å². The van der Waals surface area contributed by atoms with E-state index in [2.05, 4.69) is 107 Å². The summed E-state index contributed by atoms with van der Waals surface area (Å²) >= 11 is 3.57. The van der Waals surface area contributed by atoms with Crippen LogP contribution in [-0.4, -0.2) is 59.4 Å². The number of carboxylic acids is 1. The fraction of sp³-hybridized carbons (Fsp3) is 0.256. The first-order valence-corrected chi connectivity index (χ1v) is 19.8. The van der Waals surface area contributed by atoms with E-state index < -0.39 is 16.8 Å². The van der Waals surface area contributed by atoms with Crippen LogP contribution in [0.15, 0.2) is 140 Å². The third kappa shape index (κ3) is 8.87. The number of carboxylic acid groups (broad SMARTS) is 1. The highest BCUT2D eigenvalue weighted by atomic mass is 32.2. The highest BCUT2D eigenvalue weighted by Crippen LogP contribution is 2.51. The standard InChI is InChI=1S/C43H45N3O3S2/c1-50-27-25-38(42(48)49)46-41(47)37-29-36(23-22-32(37)28-31-14-6-2-7-15-31)45-30-39-40(24-26-44-39)51-43(33-16-8-3-9-17-33,34-18-10-4-11-19-34)35-20-12-5-13-21-35/h2-23,29,38-40,44-45H,24-28,30H2,1H3,(H,46,47)(H,48,49)/t38-,39?,40?/m0/s1. The van der Waals surface area contributed by atoms with Crippen LogP contribution in [0.25, 0.3) is 0 Å². The average Bonchev–Trinajstić information content (AvgIpc) is 3.62. The molecule has 2 unspecified atom stereocenters. The highest BCUT2D eigenvalue weighted by molar-refractivity contribution is 8.01. The zero-order chi connectivity index (χ0) is 35.5. The van der Waals surface area contributed by atoms with Crippen LogP contribution < -0.4 is 16.0 Å². The number of amides is 1. The number of hydrogen-bond donors (Lipinski definition) is 4. The van der Waals surface area contributed by atoms with E-state index in [9.17, 15) is 14.7 Å².